The maximum atomic E-state index is 15.4. The number of aromatic hydroxyl groups is 1. The minimum absolute atomic E-state index is 0.207. The van der Waals surface area contributed by atoms with Crippen LogP contribution in [0, 0.1) is 29.5 Å². The van der Waals surface area contributed by atoms with Gasteiger partial charge in [0.15, 0.2) is 34.7 Å². The van der Waals surface area contributed by atoms with Crippen LogP contribution in [-0.2, 0) is 35.1 Å². The van der Waals surface area contributed by atoms with Gasteiger partial charge < -0.3 is 37.1 Å². The van der Waals surface area contributed by atoms with Crippen molar-refractivity contribution < 1.29 is 52.9 Å². The number of likely N-dealkylation sites (N-methyl/N-ethyl adjacent to an activating group) is 2. The molecule has 226 valence electrons. The molecular formula is C26H30FN5O10. The standard InChI is InChI=1S/C26H30FN5O10/c1-4-30-7-12(33)31-11-6-10(27)8-5-9-14(19(35)13(8)18(11)34)22(37)26(41)16(21(9)42-25(29)40)17(32(2)3)20(36)15(23(26)38)24(28)39/h6,9,14-17,21,30,34,41H,4-5,7H2,1-3H3,(H2,28,39)(H2,29,40)(H,31,33)/t9-,14?,15?,16-,17+,21+,26+/m1/s1. The Balaban J connectivity index is 1.92. The quantitative estimate of drug-likeness (QED) is 0.144. The number of anilines is 1. The molecule has 3 amide bonds. The summed E-state index contributed by atoms with van der Waals surface area (Å²) in [7, 11) is 2.67. The van der Waals surface area contributed by atoms with Crippen LogP contribution in [-0.4, -0.2) is 101 Å². The van der Waals surface area contributed by atoms with Gasteiger partial charge in [-0.05, 0) is 27.1 Å². The summed E-state index contributed by atoms with van der Waals surface area (Å²) in [6, 6.07) is -0.840. The number of ketones is 4. The molecule has 0 aromatic heterocycles. The summed E-state index contributed by atoms with van der Waals surface area (Å²) in [5, 5.41) is 27.7. The van der Waals surface area contributed by atoms with E-state index in [1.807, 2.05) is 0 Å². The molecule has 3 aliphatic carbocycles. The van der Waals surface area contributed by atoms with Crippen LogP contribution < -0.4 is 22.1 Å². The fraction of sp³-hybridized carbons (Fsp3) is 0.500. The number of carbonyl (C=O) groups excluding carboxylic acids is 7. The van der Waals surface area contributed by atoms with E-state index in [0.29, 0.717) is 6.54 Å². The van der Waals surface area contributed by atoms with Crippen molar-refractivity contribution in [2.45, 2.75) is 31.1 Å². The molecule has 2 unspecified atom stereocenters. The Hall–Kier alpha value is -4.28. The molecule has 15 nitrogen and oxygen atoms in total. The van der Waals surface area contributed by atoms with Crippen LogP contribution in [0.2, 0.25) is 0 Å². The van der Waals surface area contributed by atoms with Crippen molar-refractivity contribution in [3.8, 4) is 5.75 Å². The van der Waals surface area contributed by atoms with Crippen molar-refractivity contribution in [2.75, 3.05) is 32.5 Å². The molecule has 16 heteroatoms. The van der Waals surface area contributed by atoms with Crippen LogP contribution in [0.3, 0.4) is 0 Å². The Morgan fingerprint density at radius 1 is 1.17 bits per heavy atom. The number of amides is 3. The van der Waals surface area contributed by atoms with Crippen molar-refractivity contribution >= 4 is 46.7 Å². The number of hydrogen-bond acceptors (Lipinski definition) is 12. The van der Waals surface area contributed by atoms with Crippen LogP contribution in [0.1, 0.15) is 22.8 Å². The van der Waals surface area contributed by atoms with E-state index in [2.05, 4.69) is 10.6 Å². The van der Waals surface area contributed by atoms with Crippen LogP contribution in [0.15, 0.2) is 6.07 Å². The molecule has 1 aromatic rings. The van der Waals surface area contributed by atoms with Gasteiger partial charge in [0.2, 0.25) is 11.8 Å². The highest BCUT2D eigenvalue weighted by molar-refractivity contribution is 6.32. The molecule has 0 aliphatic heterocycles. The first-order valence-corrected chi connectivity index (χ1v) is 12.9. The molecule has 8 N–H and O–H groups in total. The van der Waals surface area contributed by atoms with Gasteiger partial charge in [0.05, 0.1) is 35.7 Å². The van der Waals surface area contributed by atoms with Gasteiger partial charge in [-0.15, -0.1) is 0 Å². The average Bonchev–Trinajstić information content (AvgIpc) is 2.89. The lowest BCUT2D eigenvalue weighted by Crippen LogP contribution is -2.78. The highest BCUT2D eigenvalue weighted by Crippen LogP contribution is 2.52. The zero-order valence-corrected chi connectivity index (χ0v) is 22.8. The summed E-state index contributed by atoms with van der Waals surface area (Å²) in [5.74, 6) is -17.1. The zero-order valence-electron chi connectivity index (χ0n) is 22.8. The minimum atomic E-state index is -3.25. The van der Waals surface area contributed by atoms with Crippen molar-refractivity contribution in [1.82, 2.24) is 10.2 Å². The summed E-state index contributed by atoms with van der Waals surface area (Å²) >= 11 is 0. The van der Waals surface area contributed by atoms with Crippen LogP contribution in [0.5, 0.6) is 5.75 Å². The second-order valence-electron chi connectivity index (χ2n) is 10.7. The number of halogens is 1. The van der Waals surface area contributed by atoms with Crippen molar-refractivity contribution in [3.05, 3.63) is 23.0 Å². The zero-order chi connectivity index (χ0) is 31.4. The molecule has 4 rings (SSSR count). The number of aliphatic hydroxyl groups is 1. The number of phenols is 1. The van der Waals surface area contributed by atoms with Crippen LogP contribution >= 0.6 is 0 Å². The van der Waals surface area contributed by atoms with E-state index in [-0.39, 0.29) is 6.54 Å². The Labute approximate surface area is 237 Å². The summed E-state index contributed by atoms with van der Waals surface area (Å²) < 4.78 is 20.7. The number of carbonyl (C=O) groups is 7. The molecule has 0 bridgehead atoms. The van der Waals surface area contributed by atoms with E-state index >= 15 is 4.39 Å². The van der Waals surface area contributed by atoms with Crippen LogP contribution in [0.25, 0.3) is 0 Å². The molecule has 0 spiro atoms. The predicted molar refractivity (Wildman–Crippen MR) is 138 cm³/mol. The third-order valence-corrected chi connectivity index (χ3v) is 8.12. The second kappa shape index (κ2) is 10.8. The Bertz CT molecular complexity index is 1430. The van der Waals surface area contributed by atoms with E-state index in [4.69, 9.17) is 16.2 Å². The smallest absolute Gasteiger partial charge is 0.404 e. The monoisotopic (exact) mass is 591 g/mol. The van der Waals surface area contributed by atoms with Gasteiger partial charge in [0, 0.05) is 17.5 Å². The fourth-order valence-electron chi connectivity index (χ4n) is 6.43. The van der Waals surface area contributed by atoms with Gasteiger partial charge in [-0.25, -0.2) is 9.18 Å². The van der Waals surface area contributed by atoms with Crippen molar-refractivity contribution in [1.29, 1.82) is 0 Å². The first-order chi connectivity index (χ1) is 19.6. The first kappa shape index (κ1) is 30.7. The number of phenolic OH excluding ortho intramolecular Hbond substituents is 1. The third kappa shape index (κ3) is 4.51. The van der Waals surface area contributed by atoms with Gasteiger partial charge >= 0.3 is 6.09 Å². The number of benzene rings is 1. The Kier molecular flexibility index (Phi) is 7.92. The number of primary amides is 2. The molecule has 3 aliphatic rings. The van der Waals surface area contributed by atoms with Crippen molar-refractivity contribution in [2.24, 2.45) is 35.1 Å². The van der Waals surface area contributed by atoms with E-state index < -0.39 is 117 Å². The predicted octanol–water partition coefficient (Wildman–Crippen LogP) is -2.37. The minimum Gasteiger partial charge on any atom is -0.505 e. The Morgan fingerprint density at radius 3 is 2.36 bits per heavy atom. The van der Waals surface area contributed by atoms with Gasteiger partial charge in [-0.3, -0.25) is 33.7 Å². The second-order valence-corrected chi connectivity index (χ2v) is 10.7. The topological polar surface area (TPSA) is 249 Å². The van der Waals surface area contributed by atoms with E-state index in [1.54, 1.807) is 6.92 Å². The third-order valence-electron chi connectivity index (χ3n) is 8.12. The highest BCUT2D eigenvalue weighted by Gasteiger charge is 2.73. The number of nitrogens with zero attached hydrogens (tertiary/aromatic N) is 1. The molecule has 42 heavy (non-hydrogen) atoms. The lowest BCUT2D eigenvalue weighted by Gasteiger charge is -2.55. The summed E-state index contributed by atoms with van der Waals surface area (Å²) in [5.41, 5.74) is 5.73. The number of fused-ring (bicyclic) bond motifs is 3. The first-order valence-electron chi connectivity index (χ1n) is 12.9. The number of rotatable bonds is 7. The van der Waals surface area contributed by atoms with Gasteiger partial charge in [0.1, 0.15) is 17.7 Å². The Morgan fingerprint density at radius 2 is 1.81 bits per heavy atom. The summed E-state index contributed by atoms with van der Waals surface area (Å²) in [4.78, 5) is 92.2. The molecule has 0 radical (unpaired) electrons. The van der Waals surface area contributed by atoms with E-state index in [9.17, 15) is 43.8 Å². The van der Waals surface area contributed by atoms with Crippen LogP contribution in [0.4, 0.5) is 14.9 Å². The SMILES string of the molecule is CCNCC(=O)Nc1cc(F)c2c(c1O)C(=O)C1C(=O)[C@]3(O)C(=O)C(C(N)=O)C(=O)[C@@H](N(C)C)[C@@H]3[C@@H](OC(N)=O)[C@@H]1C2. The molecule has 7 atom stereocenters. The lowest BCUT2D eigenvalue weighted by molar-refractivity contribution is -0.195. The van der Waals surface area contributed by atoms with E-state index in [1.165, 1.54) is 19.0 Å². The largest absolute Gasteiger partial charge is 0.505 e. The number of nitrogens with one attached hydrogen (secondary N) is 2. The fourth-order valence-corrected chi connectivity index (χ4v) is 6.43. The maximum Gasteiger partial charge on any atom is 0.404 e. The molecule has 2 saturated carbocycles. The number of ether oxygens (including phenoxy) is 1. The lowest BCUT2D eigenvalue weighted by atomic mass is 9.51. The average molecular weight is 592 g/mol. The molecule has 0 saturated heterocycles. The number of nitrogens with two attached hydrogens (primary N) is 2. The highest BCUT2D eigenvalue weighted by atomic mass is 19.1. The number of hydrogen-bond donors (Lipinski definition) is 6. The van der Waals surface area contributed by atoms with E-state index in [0.717, 1.165) is 6.07 Å². The summed E-state index contributed by atoms with van der Waals surface area (Å²) in [6.45, 7) is 1.95. The molecular weight excluding hydrogens is 561 g/mol. The summed E-state index contributed by atoms with van der Waals surface area (Å²) in [6.07, 6.45) is -3.79. The molecule has 2 fully saturated rings. The van der Waals surface area contributed by atoms with Gasteiger partial charge in [-0.2, -0.15) is 0 Å². The normalized spacial score (nSPS) is 30.3. The maximum absolute atomic E-state index is 15.4. The number of Topliss-reactive ketones (excluding diaryl/α,β-unsaturated/α-hetero) is 4. The van der Waals surface area contributed by atoms with Gasteiger partial charge in [-0.1, -0.05) is 6.92 Å². The molecule has 0 heterocycles. The van der Waals surface area contributed by atoms with Crippen molar-refractivity contribution in [3.63, 3.8) is 0 Å². The molecule has 1 aromatic carbocycles. The van der Waals surface area contributed by atoms with Gasteiger partial charge in [0.25, 0.3) is 0 Å².